The van der Waals surface area contributed by atoms with Gasteiger partial charge in [0.05, 0.1) is 0 Å². The van der Waals surface area contributed by atoms with Gasteiger partial charge in [0.2, 0.25) is 11.5 Å². The van der Waals surface area contributed by atoms with Crippen LogP contribution in [-0.4, -0.2) is 19.0 Å². The largest absolute Gasteiger partial charge is 0.437 e. The van der Waals surface area contributed by atoms with Crippen molar-refractivity contribution >= 4 is 22.6 Å². The summed E-state index contributed by atoms with van der Waals surface area (Å²) in [7, 11) is 0. The first kappa shape index (κ1) is 15.8. The molecule has 0 atom stereocenters. The van der Waals surface area contributed by atoms with Gasteiger partial charge in [-0.25, -0.2) is 0 Å². The molecule has 0 saturated carbocycles. The number of nitrogens with zero attached hydrogens (tertiary/aromatic N) is 3. The fraction of sp³-hybridized carbons (Fsp3) is 0.353. The van der Waals surface area contributed by atoms with Crippen LogP contribution in [-0.2, 0) is 4.79 Å². The molecule has 1 amide bonds. The van der Waals surface area contributed by atoms with Gasteiger partial charge in [-0.1, -0.05) is 6.92 Å². The molecule has 0 aliphatic heterocycles. The average molecular weight is 297 g/mol. The first-order valence-corrected chi connectivity index (χ1v) is 7.43. The smallest absolute Gasteiger partial charge is 0.248 e. The lowest BCUT2D eigenvalue weighted by Gasteiger charge is -2.20. The van der Waals surface area contributed by atoms with Crippen molar-refractivity contribution in [2.75, 3.05) is 18.0 Å². The van der Waals surface area contributed by atoms with Crippen molar-refractivity contribution in [1.82, 2.24) is 0 Å². The van der Waals surface area contributed by atoms with E-state index in [0.717, 1.165) is 24.2 Å². The molecule has 0 unspecified atom stereocenters. The van der Waals surface area contributed by atoms with Crippen LogP contribution in [0.25, 0.3) is 11.0 Å². The van der Waals surface area contributed by atoms with Crippen LogP contribution in [0.3, 0.4) is 0 Å². The van der Waals surface area contributed by atoms with Gasteiger partial charge in [0.15, 0.2) is 0 Å². The topological polar surface area (TPSA) is 69.6 Å². The van der Waals surface area contributed by atoms with Gasteiger partial charge >= 0.3 is 0 Å². The minimum Gasteiger partial charge on any atom is -0.437 e. The highest BCUT2D eigenvalue weighted by atomic mass is 16.3. The van der Waals surface area contributed by atoms with Crippen LogP contribution in [0.1, 0.15) is 32.8 Å². The maximum Gasteiger partial charge on any atom is 0.248 e. The zero-order valence-corrected chi connectivity index (χ0v) is 13.1. The molecule has 5 nitrogen and oxygen atoms in total. The van der Waals surface area contributed by atoms with E-state index in [4.69, 9.17) is 4.42 Å². The summed E-state index contributed by atoms with van der Waals surface area (Å²) in [4.78, 5) is 17.6. The number of nitriles is 1. The third kappa shape index (κ3) is 3.17. The van der Waals surface area contributed by atoms with Crippen LogP contribution in [0.4, 0.5) is 5.69 Å². The molecular formula is C17H19N3O2. The van der Waals surface area contributed by atoms with E-state index in [0.29, 0.717) is 5.58 Å². The second-order valence-corrected chi connectivity index (χ2v) is 4.83. The molecule has 0 fully saturated rings. The molecule has 0 bridgehead atoms. The van der Waals surface area contributed by atoms with E-state index in [1.165, 1.54) is 0 Å². The van der Waals surface area contributed by atoms with E-state index in [1.807, 2.05) is 24.3 Å². The van der Waals surface area contributed by atoms with Gasteiger partial charge in [0.25, 0.3) is 0 Å². The van der Waals surface area contributed by atoms with E-state index in [1.54, 1.807) is 13.0 Å². The van der Waals surface area contributed by atoms with Crippen LogP contribution in [0.5, 0.6) is 0 Å². The quantitative estimate of drug-likeness (QED) is 0.870. The Labute approximate surface area is 129 Å². The Morgan fingerprint density at radius 1 is 1.27 bits per heavy atom. The van der Waals surface area contributed by atoms with Gasteiger partial charge in [-0.15, -0.1) is 0 Å². The van der Waals surface area contributed by atoms with Gasteiger partial charge in [-0.05, 0) is 32.0 Å². The third-order valence-corrected chi connectivity index (χ3v) is 3.51. The zero-order chi connectivity index (χ0) is 16.1. The van der Waals surface area contributed by atoms with Crippen molar-refractivity contribution < 1.29 is 9.21 Å². The Balaban J connectivity index is 2.65. The number of rotatable bonds is 4. The van der Waals surface area contributed by atoms with Crippen molar-refractivity contribution in [3.63, 3.8) is 0 Å². The third-order valence-electron chi connectivity index (χ3n) is 3.51. The Hall–Kier alpha value is -2.61. The van der Waals surface area contributed by atoms with Gasteiger partial charge in [0, 0.05) is 36.7 Å². The highest BCUT2D eigenvalue weighted by Gasteiger charge is 2.08. The molecule has 2 aromatic rings. The summed E-state index contributed by atoms with van der Waals surface area (Å²) in [6.45, 7) is 7.68. The molecule has 0 N–H and O–H groups in total. The minimum atomic E-state index is -0.306. The molecular weight excluding hydrogens is 278 g/mol. The zero-order valence-electron chi connectivity index (χ0n) is 13.1. The average Bonchev–Trinajstić information content (AvgIpc) is 2.55. The van der Waals surface area contributed by atoms with E-state index in [9.17, 15) is 10.1 Å². The van der Waals surface area contributed by atoms with Crippen LogP contribution in [0.2, 0.25) is 0 Å². The minimum absolute atomic E-state index is 0.0820. The predicted octanol–water partition coefficient (Wildman–Crippen LogP) is 2.99. The number of fused-ring (bicyclic) bond motifs is 1. The Bertz CT molecular complexity index is 796. The maximum atomic E-state index is 11.5. The van der Waals surface area contributed by atoms with E-state index in [-0.39, 0.29) is 23.4 Å². The van der Waals surface area contributed by atoms with Gasteiger partial charge in [-0.2, -0.15) is 10.3 Å². The summed E-state index contributed by atoms with van der Waals surface area (Å²) in [5, 5.41) is 10.0. The first-order valence-electron chi connectivity index (χ1n) is 7.43. The van der Waals surface area contributed by atoms with Crippen LogP contribution >= 0.6 is 0 Å². The van der Waals surface area contributed by atoms with Gasteiger partial charge < -0.3 is 9.32 Å². The fourth-order valence-electron chi connectivity index (χ4n) is 2.25. The van der Waals surface area contributed by atoms with E-state index >= 15 is 0 Å². The number of amides is 1. The molecule has 0 spiro atoms. The molecule has 1 aromatic carbocycles. The maximum absolute atomic E-state index is 11.5. The number of hydrogen-bond donors (Lipinski definition) is 0. The lowest BCUT2D eigenvalue weighted by molar-refractivity contribution is -0.117. The van der Waals surface area contributed by atoms with Crippen molar-refractivity contribution in [3.05, 3.63) is 35.4 Å². The molecule has 22 heavy (non-hydrogen) atoms. The summed E-state index contributed by atoms with van der Waals surface area (Å²) >= 11 is 0. The molecule has 114 valence electrons. The number of carbonyl (C=O) groups excluding carboxylic acids is 1. The van der Waals surface area contributed by atoms with Crippen LogP contribution in [0, 0.1) is 11.3 Å². The monoisotopic (exact) mass is 297 g/mol. The lowest BCUT2D eigenvalue weighted by atomic mass is 10.1. The Morgan fingerprint density at radius 2 is 2.00 bits per heavy atom. The molecule has 1 aromatic heterocycles. The molecule has 2 rings (SSSR count). The Morgan fingerprint density at radius 3 is 2.59 bits per heavy atom. The summed E-state index contributed by atoms with van der Waals surface area (Å²) in [5.41, 5.74) is 2.01. The molecule has 0 saturated heterocycles. The fourth-order valence-corrected chi connectivity index (χ4v) is 2.25. The lowest BCUT2D eigenvalue weighted by Crippen LogP contribution is -2.21. The summed E-state index contributed by atoms with van der Waals surface area (Å²) in [5.74, 6) is -0.306. The SMILES string of the molecule is CCC(=O)N=c1oc2cc(N(CC)CC)ccc2cc1C#N. The van der Waals surface area contributed by atoms with Crippen LogP contribution in [0.15, 0.2) is 33.7 Å². The normalized spacial score (nSPS) is 11.5. The predicted molar refractivity (Wildman–Crippen MR) is 85.4 cm³/mol. The van der Waals surface area contributed by atoms with Crippen molar-refractivity contribution in [1.29, 1.82) is 5.26 Å². The van der Waals surface area contributed by atoms with Gasteiger partial charge in [-0.3, -0.25) is 4.79 Å². The summed E-state index contributed by atoms with van der Waals surface area (Å²) in [6.07, 6.45) is 0.276. The second kappa shape index (κ2) is 6.90. The van der Waals surface area contributed by atoms with Crippen molar-refractivity contribution in [2.45, 2.75) is 27.2 Å². The highest BCUT2D eigenvalue weighted by Crippen LogP contribution is 2.21. The number of benzene rings is 1. The van der Waals surface area contributed by atoms with Crippen molar-refractivity contribution in [3.8, 4) is 6.07 Å². The standard InChI is InChI=1S/C17H19N3O2/c1-4-16(21)19-17-13(11-18)9-12-7-8-14(10-15(12)22-17)20(5-2)6-3/h7-10H,4-6H2,1-3H3. The number of hydrogen-bond acceptors (Lipinski definition) is 4. The molecule has 0 radical (unpaired) electrons. The van der Waals surface area contributed by atoms with Crippen molar-refractivity contribution in [2.24, 2.45) is 4.99 Å². The van der Waals surface area contributed by atoms with E-state index < -0.39 is 0 Å². The molecule has 0 aliphatic rings. The molecule has 1 heterocycles. The number of anilines is 1. The second-order valence-electron chi connectivity index (χ2n) is 4.83. The summed E-state index contributed by atoms with van der Waals surface area (Å²) in [6, 6.07) is 9.56. The van der Waals surface area contributed by atoms with E-state index in [2.05, 4.69) is 23.7 Å². The number of carbonyl (C=O) groups is 1. The molecule has 0 aliphatic carbocycles. The van der Waals surface area contributed by atoms with Gasteiger partial charge in [0.1, 0.15) is 17.2 Å². The highest BCUT2D eigenvalue weighted by molar-refractivity contribution is 5.82. The summed E-state index contributed by atoms with van der Waals surface area (Å²) < 4.78 is 5.70. The Kier molecular flexibility index (Phi) is 4.95. The first-order chi connectivity index (χ1) is 10.6. The van der Waals surface area contributed by atoms with Crippen LogP contribution < -0.4 is 10.5 Å². The molecule has 5 heteroatoms.